The van der Waals surface area contributed by atoms with Gasteiger partial charge in [-0.05, 0) is 37.5 Å². The van der Waals surface area contributed by atoms with E-state index < -0.39 is 11.9 Å². The minimum atomic E-state index is -0.893. The molecular weight excluding hydrogens is 375 g/mol. The van der Waals surface area contributed by atoms with Crippen LogP contribution in [-0.2, 0) is 9.59 Å². The van der Waals surface area contributed by atoms with Gasteiger partial charge < -0.3 is 19.8 Å². The van der Waals surface area contributed by atoms with Crippen molar-refractivity contribution in [3.05, 3.63) is 0 Å². The van der Waals surface area contributed by atoms with Crippen molar-refractivity contribution in [3.8, 4) is 0 Å². The van der Waals surface area contributed by atoms with Crippen LogP contribution in [0.1, 0.15) is 79.1 Å². The third kappa shape index (κ3) is 15.9. The molecule has 21 heavy (non-hydrogen) atoms. The zero-order valence-corrected chi connectivity index (χ0v) is 18.2. The van der Waals surface area contributed by atoms with Crippen molar-refractivity contribution in [3.63, 3.8) is 0 Å². The van der Waals surface area contributed by atoms with E-state index >= 15 is 0 Å². The first kappa shape index (κ1) is 25.7. The van der Waals surface area contributed by atoms with Crippen LogP contribution in [0.3, 0.4) is 0 Å². The first-order chi connectivity index (χ1) is 9.44. The Morgan fingerprint density at radius 2 is 1.05 bits per heavy atom. The van der Waals surface area contributed by atoms with Gasteiger partial charge in [-0.15, -0.1) is 0 Å². The number of carbonyl (C=O) groups is 2. The van der Waals surface area contributed by atoms with Crippen LogP contribution in [0, 0.1) is 11.8 Å². The number of rotatable bonds is 10. The Morgan fingerprint density at radius 1 is 0.762 bits per heavy atom. The summed E-state index contributed by atoms with van der Waals surface area (Å²) >= 11 is 0. The summed E-state index contributed by atoms with van der Waals surface area (Å²) in [5.74, 6) is -2.23. The van der Waals surface area contributed by atoms with E-state index in [1.165, 1.54) is 0 Å². The standard InChI is InChI=1S/2C8H16O2.Sn.2H/c2*1-3-5-6-7(4-2)8(9)10;;;/h2*7H,3-6H2,1-2H3,(H,9,10);;;/q;;+2;;/p-2. The van der Waals surface area contributed by atoms with Gasteiger partial charge in [0, 0.05) is 11.9 Å². The summed E-state index contributed by atoms with van der Waals surface area (Å²) in [4.78, 5) is 20.7. The zero-order chi connectivity index (χ0) is 16.0. The summed E-state index contributed by atoms with van der Waals surface area (Å²) in [6, 6.07) is 0. The average Bonchev–Trinajstić information content (AvgIpc) is 2.40. The predicted octanol–water partition coefficient (Wildman–Crippen LogP) is 0.989. The number of unbranched alkanes of at least 4 members (excludes halogenated alkanes) is 2. The van der Waals surface area contributed by atoms with E-state index in [2.05, 4.69) is 13.8 Å². The Balaban J connectivity index is -0.000000295. The van der Waals surface area contributed by atoms with Crippen LogP contribution in [0.25, 0.3) is 0 Å². The van der Waals surface area contributed by atoms with E-state index in [9.17, 15) is 19.8 Å². The zero-order valence-electron chi connectivity index (χ0n) is 14.2. The number of hydrogen-bond acceptors (Lipinski definition) is 4. The molecule has 0 N–H and O–H groups in total. The van der Waals surface area contributed by atoms with Gasteiger partial charge in [0.25, 0.3) is 0 Å². The van der Waals surface area contributed by atoms with Crippen LogP contribution >= 0.6 is 0 Å². The van der Waals surface area contributed by atoms with Crippen LogP contribution < -0.4 is 10.2 Å². The molecule has 124 valence electrons. The molecule has 0 saturated carbocycles. The molecule has 0 saturated heterocycles. The van der Waals surface area contributed by atoms with Gasteiger partial charge in [-0.3, -0.25) is 0 Å². The molecule has 0 rings (SSSR count). The molecule has 0 aliphatic rings. The van der Waals surface area contributed by atoms with Gasteiger partial charge in [-0.25, -0.2) is 0 Å². The Kier molecular flexibility index (Phi) is 21.8. The van der Waals surface area contributed by atoms with Crippen molar-refractivity contribution in [1.82, 2.24) is 0 Å². The summed E-state index contributed by atoms with van der Waals surface area (Å²) in [5.41, 5.74) is 0. The minimum absolute atomic E-state index is 0. The summed E-state index contributed by atoms with van der Waals surface area (Å²) in [6.45, 7) is 7.89. The van der Waals surface area contributed by atoms with Crippen LogP contribution in [0.4, 0.5) is 0 Å². The molecule has 0 aromatic carbocycles. The molecule has 0 aliphatic carbocycles. The summed E-state index contributed by atoms with van der Waals surface area (Å²) in [6.07, 6.45) is 7.04. The third-order valence-electron chi connectivity index (χ3n) is 3.46. The normalized spacial score (nSPS) is 12.4. The molecule has 5 heteroatoms. The van der Waals surface area contributed by atoms with Gasteiger partial charge in [0.1, 0.15) is 0 Å². The molecule has 0 aromatic heterocycles. The average molecular weight is 407 g/mol. The van der Waals surface area contributed by atoms with Crippen molar-refractivity contribution in [2.45, 2.75) is 79.1 Å². The molecule has 2 unspecified atom stereocenters. The Morgan fingerprint density at radius 3 is 1.19 bits per heavy atom. The van der Waals surface area contributed by atoms with Gasteiger partial charge in [0.15, 0.2) is 0 Å². The van der Waals surface area contributed by atoms with E-state index in [-0.39, 0.29) is 35.7 Å². The van der Waals surface area contributed by atoms with Crippen molar-refractivity contribution >= 4 is 35.8 Å². The second kappa shape index (κ2) is 17.8. The van der Waals surface area contributed by atoms with Crippen molar-refractivity contribution in [2.24, 2.45) is 11.8 Å². The monoisotopic (exact) mass is 408 g/mol. The third-order valence-corrected chi connectivity index (χ3v) is 3.46. The van der Waals surface area contributed by atoms with Crippen molar-refractivity contribution < 1.29 is 19.8 Å². The first-order valence-electron chi connectivity index (χ1n) is 7.86. The van der Waals surface area contributed by atoms with Crippen LogP contribution in [0.5, 0.6) is 0 Å². The maximum atomic E-state index is 10.3. The molecule has 0 aromatic rings. The molecule has 0 bridgehead atoms. The summed E-state index contributed by atoms with van der Waals surface area (Å²) in [5, 5.41) is 20.7. The molecule has 0 fully saturated rings. The van der Waals surface area contributed by atoms with Gasteiger partial charge in [-0.1, -0.05) is 53.4 Å². The van der Waals surface area contributed by atoms with E-state index in [4.69, 9.17) is 0 Å². The molecule has 0 spiro atoms. The fourth-order valence-corrected chi connectivity index (χ4v) is 1.88. The van der Waals surface area contributed by atoms with Crippen LogP contribution in [-0.4, -0.2) is 35.8 Å². The summed E-state index contributed by atoms with van der Waals surface area (Å²) in [7, 11) is 0. The van der Waals surface area contributed by atoms with Gasteiger partial charge in [0.2, 0.25) is 0 Å². The number of carboxylic acid groups (broad SMARTS) is 2. The molecule has 0 radical (unpaired) electrons. The number of aliphatic carboxylic acids is 2. The van der Waals surface area contributed by atoms with E-state index in [1.807, 2.05) is 13.8 Å². The van der Waals surface area contributed by atoms with Crippen LogP contribution in [0.2, 0.25) is 0 Å². The Hall–Kier alpha value is -0.261. The van der Waals surface area contributed by atoms with E-state index in [0.29, 0.717) is 12.8 Å². The topological polar surface area (TPSA) is 80.3 Å². The fraction of sp³-hybridized carbons (Fsp3) is 0.875. The van der Waals surface area contributed by atoms with Crippen molar-refractivity contribution in [2.75, 3.05) is 0 Å². The van der Waals surface area contributed by atoms with Gasteiger partial charge in [0.05, 0.1) is 0 Å². The second-order valence-electron chi connectivity index (χ2n) is 5.13. The van der Waals surface area contributed by atoms with Crippen molar-refractivity contribution in [1.29, 1.82) is 0 Å². The quantitative estimate of drug-likeness (QED) is 0.506. The number of hydrogen-bond donors (Lipinski definition) is 0. The molecule has 4 nitrogen and oxygen atoms in total. The van der Waals surface area contributed by atoms with E-state index in [0.717, 1.165) is 38.5 Å². The van der Waals surface area contributed by atoms with Gasteiger partial charge >= 0.3 is 23.9 Å². The maximum absolute atomic E-state index is 10.3. The van der Waals surface area contributed by atoms with E-state index in [1.54, 1.807) is 0 Å². The molecule has 2 atom stereocenters. The SMILES string of the molecule is CCCCC(CC)C(=O)[O-].CCCCC(CC)C(=O)[O-].[SnH2+2]. The van der Waals surface area contributed by atoms with Crippen LogP contribution in [0.15, 0.2) is 0 Å². The Bertz CT molecular complexity index is 231. The summed E-state index contributed by atoms with van der Waals surface area (Å²) < 4.78 is 0. The number of carbonyl (C=O) groups excluding carboxylic acids is 2. The fourth-order valence-electron chi connectivity index (χ4n) is 1.88. The molecule has 0 amide bonds. The Labute approximate surface area is 146 Å². The van der Waals surface area contributed by atoms with Gasteiger partial charge in [-0.2, -0.15) is 0 Å². The second-order valence-corrected chi connectivity index (χ2v) is 5.13. The molecule has 0 aliphatic heterocycles. The number of carboxylic acids is 2. The predicted molar refractivity (Wildman–Crippen MR) is 85.2 cm³/mol. The first-order valence-corrected chi connectivity index (χ1v) is 7.86. The molecule has 0 heterocycles. The molecular formula is C16H32O4Sn.